The van der Waals surface area contributed by atoms with Crippen molar-refractivity contribution in [3.8, 4) is 16.9 Å². The standard InChI is InChI=1S/C28H31N5OS/c1-18-15-23(34)16-19(2)26(18)21-14-20(3)27-25(17-21)31-32-28(30-27)29-22-6-8-24(9-7-22)35-13-12-33-10-4-5-11-33/h6-9,14-17,34H,4-5,10-13H2,1-3H3,(H,29,30,32). The molecule has 7 heteroatoms. The fourth-order valence-electron chi connectivity index (χ4n) is 4.87. The van der Waals surface area contributed by atoms with Crippen LogP contribution < -0.4 is 5.32 Å². The highest BCUT2D eigenvalue weighted by atomic mass is 32.2. The Balaban J connectivity index is 1.30. The molecular formula is C28H31N5OS. The van der Waals surface area contributed by atoms with Crippen molar-refractivity contribution in [2.45, 2.75) is 38.5 Å². The van der Waals surface area contributed by atoms with Crippen LogP contribution in [0.25, 0.3) is 22.2 Å². The molecule has 0 radical (unpaired) electrons. The zero-order chi connectivity index (χ0) is 24.4. The highest BCUT2D eigenvalue weighted by molar-refractivity contribution is 7.99. The molecule has 0 aliphatic carbocycles. The molecule has 1 aliphatic heterocycles. The lowest BCUT2D eigenvalue weighted by Crippen LogP contribution is -2.21. The first-order valence-corrected chi connectivity index (χ1v) is 13.1. The average molecular weight is 486 g/mol. The van der Waals surface area contributed by atoms with E-state index < -0.39 is 0 Å². The van der Waals surface area contributed by atoms with E-state index in [9.17, 15) is 5.11 Å². The van der Waals surface area contributed by atoms with Gasteiger partial charge < -0.3 is 15.3 Å². The molecule has 0 saturated carbocycles. The van der Waals surface area contributed by atoms with Crippen LogP contribution in [0.4, 0.5) is 11.6 Å². The number of likely N-dealkylation sites (tertiary alicyclic amines) is 1. The fraction of sp³-hybridized carbons (Fsp3) is 0.321. The van der Waals surface area contributed by atoms with Gasteiger partial charge in [-0.05, 0) is 123 Å². The van der Waals surface area contributed by atoms with Crippen LogP contribution in [0.2, 0.25) is 0 Å². The first-order chi connectivity index (χ1) is 17.0. The third-order valence-corrected chi connectivity index (χ3v) is 7.53. The Hall–Kier alpha value is -3.16. The first-order valence-electron chi connectivity index (χ1n) is 12.1. The molecule has 3 aromatic carbocycles. The van der Waals surface area contributed by atoms with Crippen molar-refractivity contribution in [3.05, 3.63) is 65.2 Å². The number of phenolic OH excluding ortho intramolecular Hbond substituents is 1. The minimum absolute atomic E-state index is 0.284. The van der Waals surface area contributed by atoms with Gasteiger partial charge in [-0.25, -0.2) is 4.98 Å². The van der Waals surface area contributed by atoms with Gasteiger partial charge in [0.15, 0.2) is 0 Å². The van der Waals surface area contributed by atoms with Gasteiger partial charge in [-0.2, -0.15) is 0 Å². The van der Waals surface area contributed by atoms with Crippen LogP contribution in [0.15, 0.2) is 53.4 Å². The summed E-state index contributed by atoms with van der Waals surface area (Å²) in [7, 11) is 0. The second-order valence-electron chi connectivity index (χ2n) is 9.30. The summed E-state index contributed by atoms with van der Waals surface area (Å²) in [5.74, 6) is 1.89. The van der Waals surface area contributed by atoms with Crippen molar-refractivity contribution < 1.29 is 5.11 Å². The van der Waals surface area contributed by atoms with E-state index in [2.05, 4.69) is 50.7 Å². The summed E-state index contributed by atoms with van der Waals surface area (Å²) in [6.07, 6.45) is 2.68. The normalized spacial score (nSPS) is 14.0. The van der Waals surface area contributed by atoms with Crippen molar-refractivity contribution in [2.24, 2.45) is 0 Å². The van der Waals surface area contributed by atoms with Crippen molar-refractivity contribution >= 4 is 34.4 Å². The summed E-state index contributed by atoms with van der Waals surface area (Å²) < 4.78 is 0. The smallest absolute Gasteiger partial charge is 0.247 e. The maximum absolute atomic E-state index is 9.90. The predicted octanol–water partition coefficient (Wildman–Crippen LogP) is 6.25. The Morgan fingerprint density at radius 2 is 1.63 bits per heavy atom. The number of aryl methyl sites for hydroxylation is 3. The summed E-state index contributed by atoms with van der Waals surface area (Å²) in [6, 6.07) is 16.1. The van der Waals surface area contributed by atoms with Crippen molar-refractivity contribution in [2.75, 3.05) is 30.7 Å². The highest BCUT2D eigenvalue weighted by Gasteiger charge is 2.13. The van der Waals surface area contributed by atoms with E-state index in [0.717, 1.165) is 56.8 Å². The van der Waals surface area contributed by atoms with Crippen molar-refractivity contribution in [1.29, 1.82) is 0 Å². The van der Waals surface area contributed by atoms with E-state index in [1.807, 2.05) is 38.6 Å². The molecule has 0 amide bonds. The Morgan fingerprint density at radius 3 is 2.34 bits per heavy atom. The van der Waals surface area contributed by atoms with Gasteiger partial charge in [-0.15, -0.1) is 22.0 Å². The van der Waals surface area contributed by atoms with Gasteiger partial charge >= 0.3 is 0 Å². The summed E-state index contributed by atoms with van der Waals surface area (Å²) in [6.45, 7) is 9.73. The maximum atomic E-state index is 9.90. The molecule has 6 nitrogen and oxygen atoms in total. The summed E-state index contributed by atoms with van der Waals surface area (Å²) in [5.41, 5.74) is 7.77. The lowest BCUT2D eigenvalue weighted by molar-refractivity contribution is 0.362. The van der Waals surface area contributed by atoms with Crippen LogP contribution in [-0.2, 0) is 0 Å². The molecule has 0 unspecified atom stereocenters. The van der Waals surface area contributed by atoms with E-state index in [1.165, 1.54) is 30.8 Å². The Kier molecular flexibility index (Phi) is 6.88. The molecule has 5 rings (SSSR count). The third-order valence-electron chi connectivity index (χ3n) is 6.54. The van der Waals surface area contributed by atoms with E-state index >= 15 is 0 Å². The zero-order valence-electron chi connectivity index (χ0n) is 20.5. The van der Waals surface area contributed by atoms with Crippen LogP contribution in [0.1, 0.15) is 29.5 Å². The summed E-state index contributed by atoms with van der Waals surface area (Å²) in [4.78, 5) is 8.56. The molecule has 0 spiro atoms. The third kappa shape index (κ3) is 5.41. The lowest BCUT2D eigenvalue weighted by atomic mass is 9.94. The van der Waals surface area contributed by atoms with Gasteiger partial charge in [-0.3, -0.25) is 0 Å². The van der Waals surface area contributed by atoms with Gasteiger partial charge in [0.1, 0.15) is 11.3 Å². The SMILES string of the molecule is Cc1cc(O)cc(C)c1-c1cc(C)c2nc(Nc3ccc(SCCN4CCCC4)cc3)nnc2c1. The molecule has 2 heterocycles. The minimum Gasteiger partial charge on any atom is -0.508 e. The second-order valence-corrected chi connectivity index (χ2v) is 10.5. The number of phenols is 1. The molecule has 1 aromatic heterocycles. The molecule has 1 fully saturated rings. The molecule has 0 bridgehead atoms. The van der Waals surface area contributed by atoms with Crippen LogP contribution in [0.3, 0.4) is 0 Å². The predicted molar refractivity (Wildman–Crippen MR) is 145 cm³/mol. The van der Waals surface area contributed by atoms with Crippen LogP contribution in [0.5, 0.6) is 5.75 Å². The van der Waals surface area contributed by atoms with E-state index in [-0.39, 0.29) is 5.75 Å². The van der Waals surface area contributed by atoms with Crippen LogP contribution >= 0.6 is 11.8 Å². The number of rotatable bonds is 7. The number of aromatic hydroxyl groups is 1. The fourth-order valence-corrected chi connectivity index (χ4v) is 5.78. The number of anilines is 2. The number of nitrogens with zero attached hydrogens (tertiary/aromatic N) is 4. The number of benzene rings is 3. The van der Waals surface area contributed by atoms with Gasteiger partial charge in [-0.1, -0.05) is 0 Å². The van der Waals surface area contributed by atoms with Gasteiger partial charge in [0.25, 0.3) is 0 Å². The molecular weight excluding hydrogens is 454 g/mol. The minimum atomic E-state index is 0.284. The lowest BCUT2D eigenvalue weighted by Gasteiger charge is -2.14. The second kappa shape index (κ2) is 10.2. The van der Waals surface area contributed by atoms with Crippen LogP contribution in [0, 0.1) is 20.8 Å². The zero-order valence-corrected chi connectivity index (χ0v) is 21.3. The number of aromatic nitrogens is 3. The Morgan fingerprint density at radius 1 is 0.914 bits per heavy atom. The molecule has 4 aromatic rings. The molecule has 35 heavy (non-hydrogen) atoms. The molecule has 1 saturated heterocycles. The molecule has 2 N–H and O–H groups in total. The van der Waals surface area contributed by atoms with Crippen molar-refractivity contribution in [1.82, 2.24) is 20.1 Å². The maximum Gasteiger partial charge on any atom is 0.247 e. The van der Waals surface area contributed by atoms with Gasteiger partial charge in [0, 0.05) is 22.9 Å². The van der Waals surface area contributed by atoms with Gasteiger partial charge in [0.2, 0.25) is 5.95 Å². The highest BCUT2D eigenvalue weighted by Crippen LogP contribution is 2.33. The molecule has 0 atom stereocenters. The van der Waals surface area contributed by atoms with E-state index in [4.69, 9.17) is 4.98 Å². The largest absolute Gasteiger partial charge is 0.508 e. The first kappa shape index (κ1) is 23.6. The number of hydrogen-bond acceptors (Lipinski definition) is 7. The monoisotopic (exact) mass is 485 g/mol. The topological polar surface area (TPSA) is 74.2 Å². The van der Waals surface area contributed by atoms with Crippen LogP contribution in [-0.4, -0.2) is 50.6 Å². The number of nitrogens with one attached hydrogen (secondary N) is 1. The summed E-state index contributed by atoms with van der Waals surface area (Å²) in [5, 5.41) is 22.0. The van der Waals surface area contributed by atoms with Gasteiger partial charge in [0.05, 0.1) is 5.52 Å². The molecule has 180 valence electrons. The quantitative estimate of drug-likeness (QED) is 0.300. The number of fused-ring (bicyclic) bond motifs is 1. The van der Waals surface area contributed by atoms with E-state index in [0.29, 0.717) is 5.95 Å². The number of thioether (sulfide) groups is 1. The Labute approximate surface area is 210 Å². The number of hydrogen-bond donors (Lipinski definition) is 2. The average Bonchev–Trinajstić information content (AvgIpc) is 3.34. The van der Waals surface area contributed by atoms with E-state index in [1.54, 1.807) is 12.1 Å². The molecule has 1 aliphatic rings. The Bertz CT molecular complexity index is 1330. The summed E-state index contributed by atoms with van der Waals surface area (Å²) >= 11 is 1.90. The van der Waals surface area contributed by atoms with Crippen molar-refractivity contribution in [3.63, 3.8) is 0 Å².